The van der Waals surface area contributed by atoms with Gasteiger partial charge in [-0.3, -0.25) is 0 Å². The molecule has 0 amide bonds. The zero-order valence-corrected chi connectivity index (χ0v) is 20.2. The summed E-state index contributed by atoms with van der Waals surface area (Å²) in [5.74, 6) is 3.49. The maximum atomic E-state index is 5.34. The van der Waals surface area contributed by atoms with Gasteiger partial charge >= 0.3 is 0 Å². The molecule has 1 unspecified atom stereocenters. The Balaban J connectivity index is 1.65. The Kier molecular flexibility index (Phi) is 7.30. The molecule has 1 fully saturated rings. The molecule has 0 spiro atoms. The molecule has 0 radical (unpaired) electrons. The van der Waals surface area contributed by atoms with Crippen LogP contribution in [0.5, 0.6) is 5.75 Å². The number of ether oxygens (including phenoxy) is 1. The molecular weight excluding hydrogens is 416 g/mol. The van der Waals surface area contributed by atoms with Gasteiger partial charge in [0.05, 0.1) is 7.11 Å². The third-order valence-corrected chi connectivity index (χ3v) is 7.48. The number of methoxy groups -OCH3 is 1. The van der Waals surface area contributed by atoms with Crippen LogP contribution in [0.2, 0.25) is 0 Å². The van der Waals surface area contributed by atoms with Crippen LogP contribution >= 0.6 is 11.8 Å². The second kappa shape index (κ2) is 10.3. The lowest BCUT2D eigenvalue weighted by Gasteiger charge is -2.32. The van der Waals surface area contributed by atoms with E-state index >= 15 is 0 Å². The molecule has 32 heavy (non-hydrogen) atoms. The summed E-state index contributed by atoms with van der Waals surface area (Å²) in [4.78, 5) is 7.07. The Morgan fingerprint density at radius 1 is 0.969 bits per heavy atom. The summed E-state index contributed by atoms with van der Waals surface area (Å²) in [7, 11) is 5.76. The van der Waals surface area contributed by atoms with E-state index in [-0.39, 0.29) is 0 Å². The number of hydrogen-bond acceptors (Lipinski definition) is 6. The van der Waals surface area contributed by atoms with Gasteiger partial charge in [-0.1, -0.05) is 56.5 Å². The van der Waals surface area contributed by atoms with E-state index in [1.54, 1.807) is 18.9 Å². The molecule has 1 aromatic heterocycles. The van der Waals surface area contributed by atoms with Gasteiger partial charge in [0.1, 0.15) is 17.1 Å². The summed E-state index contributed by atoms with van der Waals surface area (Å²) in [6.45, 7) is 2.30. The minimum Gasteiger partial charge on any atom is -0.497 e. The Morgan fingerprint density at radius 3 is 2.19 bits per heavy atom. The van der Waals surface area contributed by atoms with E-state index in [4.69, 9.17) is 9.72 Å². The molecule has 0 N–H and O–H groups in total. The van der Waals surface area contributed by atoms with Crippen LogP contribution in [-0.2, 0) is 0 Å². The Labute approximate surface area is 195 Å². The lowest BCUT2D eigenvalue weighted by molar-refractivity contribution is 0.219. The van der Waals surface area contributed by atoms with Gasteiger partial charge in [-0.05, 0) is 48.2 Å². The third-order valence-electron chi connectivity index (χ3n) is 6.46. The summed E-state index contributed by atoms with van der Waals surface area (Å²) >= 11 is 1.74. The maximum absolute atomic E-state index is 5.34. The van der Waals surface area contributed by atoms with Crippen molar-refractivity contribution in [3.63, 3.8) is 0 Å². The summed E-state index contributed by atoms with van der Waals surface area (Å²) in [6, 6.07) is 16.4. The molecule has 1 atom stereocenters. The van der Waals surface area contributed by atoms with Crippen molar-refractivity contribution in [3.05, 3.63) is 48.5 Å². The second-order valence-electron chi connectivity index (χ2n) is 8.63. The number of aromatic nitrogens is 3. The lowest BCUT2D eigenvalue weighted by Crippen LogP contribution is -2.23. The van der Waals surface area contributed by atoms with Crippen LogP contribution in [0, 0.1) is 11.8 Å². The fourth-order valence-electron chi connectivity index (χ4n) is 4.11. The smallest absolute Gasteiger partial charge is 0.209 e. The molecule has 5 nitrogen and oxygen atoms in total. The van der Waals surface area contributed by atoms with Crippen molar-refractivity contribution in [2.24, 2.45) is 11.8 Å². The maximum Gasteiger partial charge on any atom is 0.209 e. The van der Waals surface area contributed by atoms with Crippen LogP contribution in [0.15, 0.2) is 53.7 Å². The van der Waals surface area contributed by atoms with Gasteiger partial charge in [0.25, 0.3) is 0 Å². The molecule has 0 aliphatic heterocycles. The predicted molar refractivity (Wildman–Crippen MR) is 133 cm³/mol. The summed E-state index contributed by atoms with van der Waals surface area (Å²) in [5.41, 5.74) is 4.84. The molecule has 0 bridgehead atoms. The number of rotatable bonds is 9. The number of thioether (sulfide) groups is 1. The van der Waals surface area contributed by atoms with Crippen molar-refractivity contribution in [1.29, 1.82) is 0 Å². The van der Waals surface area contributed by atoms with Gasteiger partial charge in [-0.25, -0.2) is 4.98 Å². The molecule has 1 saturated carbocycles. The predicted octanol–water partition coefficient (Wildman–Crippen LogP) is 6.20. The van der Waals surface area contributed by atoms with Crippen molar-refractivity contribution in [2.45, 2.75) is 37.8 Å². The molecule has 168 valence electrons. The fraction of sp³-hybridized carbons (Fsp3) is 0.423. The number of hydrogen-bond donors (Lipinski definition) is 0. The first-order valence-electron chi connectivity index (χ1n) is 11.4. The summed E-state index contributed by atoms with van der Waals surface area (Å²) in [6.07, 6.45) is 5.34. The molecule has 6 heteroatoms. The van der Waals surface area contributed by atoms with Crippen molar-refractivity contribution in [1.82, 2.24) is 15.2 Å². The zero-order chi connectivity index (χ0) is 22.5. The normalized spacial score (nSPS) is 14.6. The van der Waals surface area contributed by atoms with Crippen molar-refractivity contribution >= 4 is 17.4 Å². The SMILES string of the molecule is CCC(CSc1nnc(-c2ccc(N(C)C)cc2)c(-c2ccc(OC)cc2)n1)C1CCC1. The molecule has 3 aromatic rings. The summed E-state index contributed by atoms with van der Waals surface area (Å²) in [5, 5.41) is 9.91. The van der Waals surface area contributed by atoms with Crippen molar-refractivity contribution < 1.29 is 4.74 Å². The van der Waals surface area contributed by atoms with Gasteiger partial charge in [0.2, 0.25) is 5.16 Å². The van der Waals surface area contributed by atoms with Gasteiger partial charge in [-0.2, -0.15) is 0 Å². The van der Waals surface area contributed by atoms with Gasteiger partial charge < -0.3 is 9.64 Å². The minimum atomic E-state index is 0.736. The average molecular weight is 449 g/mol. The molecule has 1 heterocycles. The molecule has 2 aromatic carbocycles. The third kappa shape index (κ3) is 5.07. The number of benzene rings is 2. The lowest BCUT2D eigenvalue weighted by atomic mass is 9.76. The highest BCUT2D eigenvalue weighted by atomic mass is 32.2. The van der Waals surface area contributed by atoms with Gasteiger partial charge in [-0.15, -0.1) is 10.2 Å². The molecule has 4 rings (SSSR count). The monoisotopic (exact) mass is 448 g/mol. The largest absolute Gasteiger partial charge is 0.497 e. The van der Waals surface area contributed by atoms with Gasteiger partial charge in [0.15, 0.2) is 0 Å². The van der Waals surface area contributed by atoms with E-state index in [1.807, 2.05) is 38.4 Å². The highest BCUT2D eigenvalue weighted by Gasteiger charge is 2.26. The van der Waals surface area contributed by atoms with E-state index in [0.29, 0.717) is 0 Å². The van der Waals surface area contributed by atoms with E-state index < -0.39 is 0 Å². The zero-order valence-electron chi connectivity index (χ0n) is 19.4. The first-order valence-corrected chi connectivity index (χ1v) is 12.4. The highest BCUT2D eigenvalue weighted by Crippen LogP contribution is 2.38. The Bertz CT molecular complexity index is 1020. The Morgan fingerprint density at radius 2 is 1.62 bits per heavy atom. The van der Waals surface area contributed by atoms with E-state index in [2.05, 4.69) is 46.3 Å². The quantitative estimate of drug-likeness (QED) is 0.363. The molecular formula is C26H32N4OS. The topological polar surface area (TPSA) is 51.1 Å². The number of nitrogens with zero attached hydrogens (tertiary/aromatic N) is 4. The molecule has 1 aliphatic carbocycles. The standard InChI is InChI=1S/C26H32N4OS/c1-5-18(19-7-6-8-19)17-32-26-27-24(20-11-15-23(31-4)16-12-20)25(28-29-26)21-9-13-22(14-10-21)30(2)3/h9-16,18-19H,5-8,17H2,1-4H3. The molecule has 0 saturated heterocycles. The van der Waals surface area contributed by atoms with Crippen LogP contribution in [0.1, 0.15) is 32.6 Å². The highest BCUT2D eigenvalue weighted by molar-refractivity contribution is 7.99. The second-order valence-corrected chi connectivity index (χ2v) is 9.62. The average Bonchev–Trinajstić information content (AvgIpc) is 2.80. The van der Waals surface area contributed by atoms with Crippen LogP contribution < -0.4 is 9.64 Å². The fourth-order valence-corrected chi connectivity index (χ4v) is 5.24. The van der Waals surface area contributed by atoms with Crippen LogP contribution in [0.4, 0.5) is 5.69 Å². The van der Waals surface area contributed by atoms with Crippen molar-refractivity contribution in [3.8, 4) is 28.3 Å². The Hall–Kier alpha value is -2.60. The van der Waals surface area contributed by atoms with Crippen LogP contribution in [-0.4, -0.2) is 42.1 Å². The van der Waals surface area contributed by atoms with Crippen molar-refractivity contribution in [2.75, 3.05) is 31.9 Å². The number of anilines is 1. The van der Waals surface area contributed by atoms with Gasteiger partial charge in [0, 0.05) is 36.7 Å². The van der Waals surface area contributed by atoms with E-state index in [1.165, 1.54) is 25.7 Å². The van der Waals surface area contributed by atoms with Crippen LogP contribution in [0.3, 0.4) is 0 Å². The molecule has 1 aliphatic rings. The first-order chi connectivity index (χ1) is 15.6. The summed E-state index contributed by atoms with van der Waals surface area (Å²) < 4.78 is 5.34. The minimum absolute atomic E-state index is 0.736. The van der Waals surface area contributed by atoms with E-state index in [9.17, 15) is 0 Å². The van der Waals surface area contributed by atoms with Crippen LogP contribution in [0.25, 0.3) is 22.5 Å². The first kappa shape index (κ1) is 22.6. The van der Waals surface area contributed by atoms with E-state index in [0.717, 1.165) is 56.7 Å².